The van der Waals surface area contributed by atoms with Crippen LogP contribution in [0, 0.1) is 0 Å². The molecule has 31 heavy (non-hydrogen) atoms. The van der Waals surface area contributed by atoms with E-state index in [1.807, 2.05) is 12.1 Å². The minimum atomic E-state index is -0.222. The van der Waals surface area contributed by atoms with Gasteiger partial charge in [0.15, 0.2) is 0 Å². The number of aromatic amines is 1. The molecule has 0 radical (unpaired) electrons. The topological polar surface area (TPSA) is 133 Å². The van der Waals surface area contributed by atoms with Gasteiger partial charge in [-0.1, -0.05) is 12.8 Å². The molecular formula is C22H24N6O3. The molecule has 0 spiro atoms. The van der Waals surface area contributed by atoms with E-state index in [9.17, 15) is 4.79 Å². The first kappa shape index (κ1) is 20.7. The molecule has 4 aromatic heterocycles. The predicted molar refractivity (Wildman–Crippen MR) is 115 cm³/mol. The first-order valence-electron chi connectivity index (χ1n) is 10.2. The van der Waals surface area contributed by atoms with Gasteiger partial charge in [-0.2, -0.15) is 0 Å². The fraction of sp³-hybridized carbons (Fsp3) is 0.318. The van der Waals surface area contributed by atoms with E-state index in [0.717, 1.165) is 47.8 Å². The summed E-state index contributed by atoms with van der Waals surface area (Å²) >= 11 is 0. The third-order valence-corrected chi connectivity index (χ3v) is 5.11. The Morgan fingerprint density at radius 1 is 1.23 bits per heavy atom. The third kappa shape index (κ3) is 4.77. The molecular weight excluding hydrogens is 396 g/mol. The predicted octanol–water partition coefficient (Wildman–Crippen LogP) is 3.85. The zero-order chi connectivity index (χ0) is 21.6. The van der Waals surface area contributed by atoms with Gasteiger partial charge in [-0.15, -0.1) is 0 Å². The number of unbranched alkanes of at least 4 members (excludes halogenated alkanes) is 2. The van der Waals surface area contributed by atoms with Gasteiger partial charge in [-0.05, 0) is 25.0 Å². The molecule has 9 nitrogen and oxygen atoms in total. The second-order valence-corrected chi connectivity index (χ2v) is 7.26. The van der Waals surface area contributed by atoms with E-state index in [-0.39, 0.29) is 17.7 Å². The highest BCUT2D eigenvalue weighted by molar-refractivity contribution is 5.91. The monoisotopic (exact) mass is 420 g/mol. The summed E-state index contributed by atoms with van der Waals surface area (Å²) in [5, 5.41) is 0.963. The number of imidazole rings is 1. The quantitative estimate of drug-likeness (QED) is 0.292. The zero-order valence-electron chi connectivity index (χ0n) is 17.2. The van der Waals surface area contributed by atoms with Crippen LogP contribution in [-0.4, -0.2) is 37.8 Å². The smallest absolute Gasteiger partial charge is 0.263 e. The van der Waals surface area contributed by atoms with E-state index in [1.54, 1.807) is 25.7 Å². The molecule has 0 fully saturated rings. The van der Waals surface area contributed by atoms with Crippen LogP contribution < -0.4 is 10.5 Å². The maximum atomic E-state index is 11.9. The van der Waals surface area contributed by atoms with Crippen LogP contribution in [0.4, 0.5) is 0 Å². The number of H-pyrrole nitrogens is 1. The van der Waals surface area contributed by atoms with Crippen LogP contribution in [0.15, 0.2) is 47.6 Å². The first-order chi connectivity index (χ1) is 15.2. The number of nitrogens with two attached hydrogens (primary N) is 1. The number of nitrogens with one attached hydrogen (secondary N) is 1. The minimum absolute atomic E-state index is 0.0707. The Morgan fingerprint density at radius 3 is 2.94 bits per heavy atom. The van der Waals surface area contributed by atoms with E-state index in [2.05, 4.69) is 24.9 Å². The number of hydrogen-bond donors (Lipinski definition) is 2. The van der Waals surface area contributed by atoms with E-state index < -0.39 is 0 Å². The molecule has 0 aliphatic rings. The molecule has 0 aliphatic heterocycles. The number of hydrogen-bond acceptors (Lipinski definition) is 8. The molecule has 9 heteroatoms. The van der Waals surface area contributed by atoms with Crippen molar-refractivity contribution in [3.63, 3.8) is 0 Å². The zero-order valence-corrected chi connectivity index (χ0v) is 17.2. The molecule has 4 heterocycles. The Hall–Kier alpha value is -3.59. The number of fused-ring (bicyclic) bond motifs is 1. The van der Waals surface area contributed by atoms with Crippen molar-refractivity contribution < 1.29 is 13.9 Å². The molecule has 0 amide bonds. The second-order valence-electron chi connectivity index (χ2n) is 7.26. The molecule has 3 N–H and O–H groups in total. The number of aromatic nitrogens is 5. The normalized spacial score (nSPS) is 12.2. The minimum Gasteiger partial charge on any atom is -0.480 e. The van der Waals surface area contributed by atoms with E-state index >= 15 is 0 Å². The number of ether oxygens (including phenoxy) is 1. The molecule has 0 saturated carbocycles. The number of carbonyl (C=O) groups excluding carboxylic acids is 1. The van der Waals surface area contributed by atoms with Crippen molar-refractivity contribution in [1.29, 1.82) is 0 Å². The van der Waals surface area contributed by atoms with E-state index in [4.69, 9.17) is 14.9 Å². The number of Topliss-reactive ketones (excluding diaryl/α,β-unsaturated/α-hetero) is 1. The second kappa shape index (κ2) is 9.48. The van der Waals surface area contributed by atoms with E-state index in [1.165, 1.54) is 12.5 Å². The van der Waals surface area contributed by atoms with Crippen molar-refractivity contribution in [2.75, 3.05) is 7.11 Å². The van der Waals surface area contributed by atoms with Crippen LogP contribution in [0.5, 0.6) is 5.88 Å². The van der Waals surface area contributed by atoms with Gasteiger partial charge in [0.25, 0.3) is 5.89 Å². The van der Waals surface area contributed by atoms with Crippen molar-refractivity contribution in [3.8, 4) is 17.1 Å². The highest BCUT2D eigenvalue weighted by Crippen LogP contribution is 2.31. The standard InChI is InChI=1S/C22H24N6O3/c1-30-21-15(11-14-7-8-24-12-17(14)28-21)18-13-26-20(27-18)16(23)5-3-2-4-6-19(29)22-25-9-10-31-22/h7-13,16H,2-6,23H2,1H3,(H,26,27)/t16-/m0/s1. The lowest BCUT2D eigenvalue weighted by Gasteiger charge is -2.09. The Balaban J connectivity index is 1.34. The van der Waals surface area contributed by atoms with Crippen molar-refractivity contribution in [1.82, 2.24) is 24.9 Å². The molecule has 1 atom stereocenters. The Kier molecular flexibility index (Phi) is 6.32. The third-order valence-electron chi connectivity index (χ3n) is 5.11. The summed E-state index contributed by atoms with van der Waals surface area (Å²) in [7, 11) is 1.59. The summed E-state index contributed by atoms with van der Waals surface area (Å²) < 4.78 is 10.5. The first-order valence-corrected chi connectivity index (χ1v) is 10.2. The molecule has 0 bridgehead atoms. The van der Waals surface area contributed by atoms with E-state index in [0.29, 0.717) is 18.1 Å². The van der Waals surface area contributed by atoms with Gasteiger partial charge in [0.1, 0.15) is 12.1 Å². The maximum Gasteiger partial charge on any atom is 0.263 e. The van der Waals surface area contributed by atoms with Crippen molar-refractivity contribution in [3.05, 3.63) is 54.9 Å². The van der Waals surface area contributed by atoms with Crippen LogP contribution in [-0.2, 0) is 0 Å². The van der Waals surface area contributed by atoms with Gasteiger partial charge in [-0.3, -0.25) is 9.78 Å². The molecule has 4 aromatic rings. The summed E-state index contributed by atoms with van der Waals surface area (Å²) in [6, 6.07) is 3.68. The highest BCUT2D eigenvalue weighted by atomic mass is 16.5. The van der Waals surface area contributed by atoms with Crippen molar-refractivity contribution in [2.45, 2.75) is 38.1 Å². The summed E-state index contributed by atoms with van der Waals surface area (Å²) in [4.78, 5) is 32.1. The lowest BCUT2D eigenvalue weighted by atomic mass is 10.1. The summed E-state index contributed by atoms with van der Waals surface area (Å²) in [5.74, 6) is 1.32. The van der Waals surface area contributed by atoms with Crippen LogP contribution in [0.2, 0.25) is 0 Å². The van der Waals surface area contributed by atoms with Gasteiger partial charge in [0.05, 0.1) is 48.5 Å². The Morgan fingerprint density at radius 2 is 2.13 bits per heavy atom. The molecule has 4 rings (SSSR count). The van der Waals surface area contributed by atoms with Crippen LogP contribution in [0.25, 0.3) is 22.2 Å². The number of oxazole rings is 1. The van der Waals surface area contributed by atoms with Crippen LogP contribution in [0.1, 0.15) is 54.7 Å². The fourth-order valence-corrected chi connectivity index (χ4v) is 3.44. The van der Waals surface area contributed by atoms with Gasteiger partial charge < -0.3 is 19.9 Å². The number of ketones is 1. The fourth-order valence-electron chi connectivity index (χ4n) is 3.44. The summed E-state index contributed by atoms with van der Waals surface area (Å²) in [5.41, 5.74) is 8.70. The van der Waals surface area contributed by atoms with Crippen LogP contribution >= 0.6 is 0 Å². The molecule has 160 valence electrons. The largest absolute Gasteiger partial charge is 0.480 e. The van der Waals surface area contributed by atoms with Gasteiger partial charge >= 0.3 is 0 Å². The Labute approximate surface area is 179 Å². The molecule has 0 saturated heterocycles. The lowest BCUT2D eigenvalue weighted by molar-refractivity contribution is 0.0945. The summed E-state index contributed by atoms with van der Waals surface area (Å²) in [6.45, 7) is 0. The van der Waals surface area contributed by atoms with Crippen molar-refractivity contribution >= 4 is 16.7 Å². The summed E-state index contributed by atoms with van der Waals surface area (Å²) in [6.07, 6.45) is 11.8. The van der Waals surface area contributed by atoms with Gasteiger partial charge in [-0.25, -0.2) is 15.0 Å². The van der Waals surface area contributed by atoms with Crippen LogP contribution in [0.3, 0.4) is 0 Å². The Bertz CT molecular complexity index is 1160. The highest BCUT2D eigenvalue weighted by Gasteiger charge is 2.16. The molecule has 0 unspecified atom stereocenters. The number of carbonyl (C=O) groups is 1. The number of nitrogens with zero attached hydrogens (tertiary/aromatic N) is 4. The average Bonchev–Trinajstić information content (AvgIpc) is 3.50. The molecule has 0 aromatic carbocycles. The van der Waals surface area contributed by atoms with Crippen molar-refractivity contribution in [2.24, 2.45) is 5.73 Å². The van der Waals surface area contributed by atoms with Gasteiger partial charge in [0, 0.05) is 18.0 Å². The van der Waals surface area contributed by atoms with Gasteiger partial charge in [0.2, 0.25) is 11.7 Å². The number of rotatable bonds is 10. The average molecular weight is 420 g/mol. The maximum absolute atomic E-state index is 11.9. The number of pyridine rings is 2. The number of methoxy groups -OCH3 is 1. The SMILES string of the molecule is COc1nc2cnccc2cc1-c1cnc([C@@H](N)CCCCCC(=O)c2ncco2)[nH]1. The lowest BCUT2D eigenvalue weighted by Crippen LogP contribution is -2.12. The molecule has 0 aliphatic carbocycles.